The molecule has 1 rings (SSSR count). The molecule has 0 aliphatic carbocycles. The third kappa shape index (κ3) is 3.01. The molecule has 90 valence electrons. The molecule has 0 saturated heterocycles. The quantitative estimate of drug-likeness (QED) is 0.804. The van der Waals surface area contributed by atoms with E-state index in [-0.39, 0.29) is 22.2 Å². The molecule has 6 heteroatoms. The van der Waals surface area contributed by atoms with Gasteiger partial charge in [-0.05, 0) is 35.0 Å². The molecule has 17 heavy (non-hydrogen) atoms. The topological polar surface area (TPSA) is 50.1 Å². The molecule has 0 atom stereocenters. The number of benzene rings is 1. The molecule has 0 fully saturated rings. The number of carbonyl (C=O) groups excluding carboxylic acids is 1. The maximum Gasteiger partial charge on any atom is 0.338 e. The first-order valence-electron chi connectivity index (χ1n) is 4.70. The van der Waals surface area contributed by atoms with Gasteiger partial charge in [-0.25, -0.2) is 13.6 Å². The third-order valence-electron chi connectivity index (χ3n) is 1.97. The first-order chi connectivity index (χ1) is 8.01. The van der Waals surface area contributed by atoms with E-state index in [0.717, 1.165) is 6.07 Å². The largest absolute Gasteiger partial charge is 0.462 e. The minimum Gasteiger partial charge on any atom is -0.462 e. The number of hydrogen-bond acceptors (Lipinski definition) is 3. The summed E-state index contributed by atoms with van der Waals surface area (Å²) in [6.45, 7) is 1.75. The fraction of sp³-hybridized carbons (Fsp3) is 0.273. The molecule has 0 bridgehead atoms. The predicted molar refractivity (Wildman–Crippen MR) is 59.8 cm³/mol. The van der Waals surface area contributed by atoms with Crippen molar-refractivity contribution in [1.82, 2.24) is 0 Å². The molecule has 3 nitrogen and oxygen atoms in total. The number of carbonyl (C=O) groups is 1. The summed E-state index contributed by atoms with van der Waals surface area (Å²) in [7, 11) is 0. The maximum atomic E-state index is 12.7. The van der Waals surface area contributed by atoms with Crippen molar-refractivity contribution in [3.05, 3.63) is 33.3 Å². The second-order valence-electron chi connectivity index (χ2n) is 3.06. The van der Waals surface area contributed by atoms with E-state index < -0.39 is 18.0 Å². The van der Waals surface area contributed by atoms with Crippen LogP contribution >= 0.6 is 15.9 Å². The van der Waals surface area contributed by atoms with Crippen LogP contribution in [0, 0.1) is 11.3 Å². The SMILES string of the molecule is CCOC(=O)c1cc(C#N)c(Br)c(C(F)F)c1. The Labute approximate surface area is 105 Å². The molecule has 0 radical (unpaired) electrons. The first kappa shape index (κ1) is 13.6. The Hall–Kier alpha value is -1.48. The molecule has 0 heterocycles. The minimum atomic E-state index is -2.77. The van der Waals surface area contributed by atoms with Crippen LogP contribution in [0.15, 0.2) is 16.6 Å². The number of nitriles is 1. The molecule has 0 aliphatic heterocycles. The van der Waals surface area contributed by atoms with Crippen molar-refractivity contribution in [2.75, 3.05) is 6.61 Å². The molecule has 0 aliphatic rings. The van der Waals surface area contributed by atoms with Crippen LogP contribution in [0.4, 0.5) is 8.78 Å². The zero-order valence-corrected chi connectivity index (χ0v) is 10.4. The van der Waals surface area contributed by atoms with Crippen LogP contribution < -0.4 is 0 Å². The summed E-state index contributed by atoms with van der Waals surface area (Å²) >= 11 is 2.91. The van der Waals surface area contributed by atoms with Gasteiger partial charge in [0.2, 0.25) is 0 Å². The second-order valence-corrected chi connectivity index (χ2v) is 3.85. The number of esters is 1. The normalized spacial score (nSPS) is 10.1. The van der Waals surface area contributed by atoms with Crippen molar-refractivity contribution in [3.8, 4) is 6.07 Å². The fourth-order valence-corrected chi connectivity index (χ4v) is 1.71. The standard InChI is InChI=1S/C11H8BrF2NO2/c1-2-17-11(16)6-3-7(5-15)9(12)8(4-6)10(13)14/h3-4,10H,2H2,1H3. The van der Waals surface area contributed by atoms with E-state index in [1.807, 2.05) is 0 Å². The van der Waals surface area contributed by atoms with Crippen molar-refractivity contribution < 1.29 is 18.3 Å². The van der Waals surface area contributed by atoms with Gasteiger partial charge in [0.05, 0.1) is 17.7 Å². The number of alkyl halides is 2. The second kappa shape index (κ2) is 5.73. The lowest BCUT2D eigenvalue weighted by Crippen LogP contribution is -2.06. The van der Waals surface area contributed by atoms with E-state index in [4.69, 9.17) is 10.00 Å². The fourth-order valence-electron chi connectivity index (χ4n) is 1.22. The molecule has 0 saturated carbocycles. The molecule has 0 aromatic heterocycles. The van der Waals surface area contributed by atoms with Gasteiger partial charge in [0.15, 0.2) is 0 Å². The predicted octanol–water partition coefficient (Wildman–Crippen LogP) is 3.44. The highest BCUT2D eigenvalue weighted by molar-refractivity contribution is 9.10. The lowest BCUT2D eigenvalue weighted by Gasteiger charge is -2.08. The van der Waals surface area contributed by atoms with E-state index in [9.17, 15) is 13.6 Å². The van der Waals surface area contributed by atoms with Crippen molar-refractivity contribution in [2.24, 2.45) is 0 Å². The number of halogens is 3. The van der Waals surface area contributed by atoms with Gasteiger partial charge in [-0.2, -0.15) is 5.26 Å². The number of rotatable bonds is 3. The highest BCUT2D eigenvalue weighted by Crippen LogP contribution is 2.31. The van der Waals surface area contributed by atoms with Crippen LogP contribution in [0.1, 0.15) is 34.8 Å². The molecular formula is C11H8BrF2NO2. The maximum absolute atomic E-state index is 12.7. The Morgan fingerprint density at radius 3 is 2.71 bits per heavy atom. The highest BCUT2D eigenvalue weighted by Gasteiger charge is 2.19. The van der Waals surface area contributed by atoms with E-state index in [1.54, 1.807) is 13.0 Å². The van der Waals surface area contributed by atoms with Gasteiger partial charge < -0.3 is 4.74 Å². The van der Waals surface area contributed by atoms with Gasteiger partial charge in [-0.3, -0.25) is 0 Å². The van der Waals surface area contributed by atoms with Crippen molar-refractivity contribution in [2.45, 2.75) is 13.3 Å². The lowest BCUT2D eigenvalue weighted by atomic mass is 10.1. The van der Waals surface area contributed by atoms with Crippen molar-refractivity contribution >= 4 is 21.9 Å². The third-order valence-corrected chi connectivity index (χ3v) is 2.85. The van der Waals surface area contributed by atoms with Gasteiger partial charge in [0.25, 0.3) is 6.43 Å². The minimum absolute atomic E-state index is 0.00282. The summed E-state index contributed by atoms with van der Waals surface area (Å²) in [6, 6.07) is 3.98. The molecule has 1 aromatic carbocycles. The van der Waals surface area contributed by atoms with Crippen LogP contribution in [0.5, 0.6) is 0 Å². The molecule has 0 spiro atoms. The molecule has 0 N–H and O–H groups in total. The monoisotopic (exact) mass is 303 g/mol. The zero-order valence-electron chi connectivity index (χ0n) is 8.84. The lowest BCUT2D eigenvalue weighted by molar-refractivity contribution is 0.0526. The summed E-state index contributed by atoms with van der Waals surface area (Å²) in [4.78, 5) is 11.4. The molecule has 0 unspecified atom stereocenters. The van der Waals surface area contributed by atoms with Gasteiger partial charge in [0, 0.05) is 10.0 Å². The van der Waals surface area contributed by atoms with E-state index in [0.29, 0.717) is 0 Å². The Morgan fingerprint density at radius 1 is 1.59 bits per heavy atom. The van der Waals surface area contributed by atoms with Crippen molar-refractivity contribution in [1.29, 1.82) is 5.26 Å². The van der Waals surface area contributed by atoms with E-state index in [1.165, 1.54) is 6.07 Å². The zero-order chi connectivity index (χ0) is 13.0. The van der Waals surface area contributed by atoms with E-state index in [2.05, 4.69) is 15.9 Å². The molecular weight excluding hydrogens is 296 g/mol. The Morgan fingerprint density at radius 2 is 2.24 bits per heavy atom. The van der Waals surface area contributed by atoms with Crippen LogP contribution in [-0.2, 0) is 4.74 Å². The van der Waals surface area contributed by atoms with Gasteiger partial charge in [0.1, 0.15) is 6.07 Å². The molecule has 0 amide bonds. The van der Waals surface area contributed by atoms with Gasteiger partial charge in [-0.1, -0.05) is 0 Å². The highest BCUT2D eigenvalue weighted by atomic mass is 79.9. The molecule has 1 aromatic rings. The summed E-state index contributed by atoms with van der Waals surface area (Å²) in [5, 5.41) is 8.78. The van der Waals surface area contributed by atoms with Crippen LogP contribution in [0.3, 0.4) is 0 Å². The Balaban J connectivity index is 3.31. The summed E-state index contributed by atoms with van der Waals surface area (Å²) in [5.74, 6) is -0.724. The number of ether oxygens (including phenoxy) is 1. The van der Waals surface area contributed by atoms with E-state index >= 15 is 0 Å². The Bertz CT molecular complexity index is 483. The summed E-state index contributed by atoms with van der Waals surface area (Å²) < 4.78 is 30.1. The first-order valence-corrected chi connectivity index (χ1v) is 5.49. The smallest absolute Gasteiger partial charge is 0.338 e. The number of hydrogen-bond donors (Lipinski definition) is 0. The average molecular weight is 304 g/mol. The Kier molecular flexibility index (Phi) is 4.58. The summed E-state index contributed by atoms with van der Waals surface area (Å²) in [6.07, 6.45) is -2.77. The van der Waals surface area contributed by atoms with Crippen LogP contribution in [0.2, 0.25) is 0 Å². The summed E-state index contributed by atoms with van der Waals surface area (Å²) in [5.41, 5.74) is -0.472. The number of nitrogens with zero attached hydrogens (tertiary/aromatic N) is 1. The van der Waals surface area contributed by atoms with Crippen LogP contribution in [-0.4, -0.2) is 12.6 Å². The van der Waals surface area contributed by atoms with Crippen molar-refractivity contribution in [3.63, 3.8) is 0 Å². The van der Waals surface area contributed by atoms with Gasteiger partial charge in [-0.15, -0.1) is 0 Å². The van der Waals surface area contributed by atoms with Crippen LogP contribution in [0.25, 0.3) is 0 Å². The van der Waals surface area contributed by atoms with Gasteiger partial charge >= 0.3 is 5.97 Å². The average Bonchev–Trinajstić information content (AvgIpc) is 2.29.